The highest BCUT2D eigenvalue weighted by atomic mass is 16.5. The van der Waals surface area contributed by atoms with Crippen LogP contribution in [0.1, 0.15) is 33.8 Å². The molecule has 2 saturated heterocycles. The van der Waals surface area contributed by atoms with Crippen molar-refractivity contribution in [2.24, 2.45) is 0 Å². The third kappa shape index (κ3) is 1.88. The summed E-state index contributed by atoms with van der Waals surface area (Å²) in [5.41, 5.74) is -0.00502. The molecule has 1 amide bonds. The number of carboxylic acids is 1. The third-order valence-electron chi connectivity index (χ3n) is 3.39. The van der Waals surface area contributed by atoms with Gasteiger partial charge in [0.15, 0.2) is 5.76 Å². The van der Waals surface area contributed by atoms with E-state index in [-0.39, 0.29) is 29.4 Å². The largest absolute Gasteiger partial charge is 0.478 e. The number of carbonyl (C=O) groups is 2. The summed E-state index contributed by atoms with van der Waals surface area (Å²) in [6.07, 6.45) is 3.27. The van der Waals surface area contributed by atoms with Crippen LogP contribution in [0.15, 0.2) is 16.7 Å². The monoisotopic (exact) mass is 251 g/mol. The summed E-state index contributed by atoms with van der Waals surface area (Å²) in [5.74, 6) is -1.28. The van der Waals surface area contributed by atoms with Crippen LogP contribution >= 0.6 is 0 Å². The first-order chi connectivity index (χ1) is 8.63. The van der Waals surface area contributed by atoms with Crippen LogP contribution < -0.4 is 0 Å². The Balaban J connectivity index is 1.75. The van der Waals surface area contributed by atoms with Gasteiger partial charge in [-0.25, -0.2) is 4.79 Å². The minimum absolute atomic E-state index is 0.00502. The number of hydrogen-bond acceptors (Lipinski definition) is 4. The fourth-order valence-electron chi connectivity index (χ4n) is 2.50. The molecule has 3 rings (SSSR count). The SMILES string of the molecule is O=C(O)c1coc(C(=O)N2CC3CCC(C2)O3)c1. The normalized spacial score (nSPS) is 26.3. The Bertz CT molecular complexity index is 482. The van der Waals surface area contributed by atoms with Crippen molar-refractivity contribution in [2.75, 3.05) is 13.1 Å². The van der Waals surface area contributed by atoms with E-state index in [9.17, 15) is 9.59 Å². The molecule has 0 spiro atoms. The van der Waals surface area contributed by atoms with Crippen molar-refractivity contribution < 1.29 is 23.8 Å². The second kappa shape index (κ2) is 4.13. The van der Waals surface area contributed by atoms with Crippen molar-refractivity contribution >= 4 is 11.9 Å². The highest BCUT2D eigenvalue weighted by molar-refractivity contribution is 5.95. The molecule has 2 aliphatic heterocycles. The Morgan fingerprint density at radius 1 is 1.28 bits per heavy atom. The van der Waals surface area contributed by atoms with Gasteiger partial charge in [0.25, 0.3) is 5.91 Å². The molecule has 0 saturated carbocycles. The lowest BCUT2D eigenvalue weighted by molar-refractivity contribution is -0.0312. The first kappa shape index (κ1) is 11.3. The van der Waals surface area contributed by atoms with Gasteiger partial charge < -0.3 is 19.2 Å². The predicted molar refractivity (Wildman–Crippen MR) is 59.5 cm³/mol. The number of hydrogen-bond donors (Lipinski definition) is 1. The van der Waals surface area contributed by atoms with Gasteiger partial charge in [-0.1, -0.05) is 0 Å². The molecule has 0 radical (unpaired) electrons. The van der Waals surface area contributed by atoms with E-state index in [4.69, 9.17) is 14.3 Å². The first-order valence-corrected chi connectivity index (χ1v) is 5.90. The van der Waals surface area contributed by atoms with Gasteiger partial charge in [-0.3, -0.25) is 4.79 Å². The molecule has 0 aliphatic carbocycles. The molecule has 2 aliphatic rings. The molecule has 2 atom stereocenters. The maximum absolute atomic E-state index is 12.1. The number of furan rings is 1. The zero-order chi connectivity index (χ0) is 12.7. The van der Waals surface area contributed by atoms with Crippen LogP contribution in [0.3, 0.4) is 0 Å². The van der Waals surface area contributed by atoms with Gasteiger partial charge in [0.05, 0.1) is 17.8 Å². The molecular formula is C12H13NO5. The van der Waals surface area contributed by atoms with Crippen molar-refractivity contribution in [3.63, 3.8) is 0 Å². The average Bonchev–Trinajstić information content (AvgIpc) is 2.95. The van der Waals surface area contributed by atoms with Crippen LogP contribution in [0.25, 0.3) is 0 Å². The van der Waals surface area contributed by atoms with Gasteiger partial charge in [0.1, 0.15) is 6.26 Å². The van der Waals surface area contributed by atoms with Crippen molar-refractivity contribution in [1.29, 1.82) is 0 Å². The lowest BCUT2D eigenvalue weighted by Crippen LogP contribution is -2.45. The molecule has 1 aromatic rings. The van der Waals surface area contributed by atoms with Crippen LogP contribution in [0.2, 0.25) is 0 Å². The quantitative estimate of drug-likeness (QED) is 0.847. The molecule has 0 aromatic carbocycles. The number of fused-ring (bicyclic) bond motifs is 2. The second-order valence-electron chi connectivity index (χ2n) is 4.67. The van der Waals surface area contributed by atoms with Crippen molar-refractivity contribution in [3.05, 3.63) is 23.7 Å². The Kier molecular flexibility index (Phi) is 2.59. The second-order valence-corrected chi connectivity index (χ2v) is 4.67. The summed E-state index contributed by atoms with van der Waals surface area (Å²) in [6, 6.07) is 1.27. The zero-order valence-electron chi connectivity index (χ0n) is 9.67. The summed E-state index contributed by atoms with van der Waals surface area (Å²) in [5, 5.41) is 8.78. The van der Waals surface area contributed by atoms with Gasteiger partial charge >= 0.3 is 5.97 Å². The zero-order valence-corrected chi connectivity index (χ0v) is 9.67. The summed E-state index contributed by atoms with van der Waals surface area (Å²) < 4.78 is 10.7. The number of nitrogens with zero attached hydrogens (tertiary/aromatic N) is 1. The molecular weight excluding hydrogens is 238 g/mol. The van der Waals surface area contributed by atoms with Gasteiger partial charge in [0.2, 0.25) is 0 Å². The Labute approximate surface area is 103 Å². The molecule has 2 unspecified atom stereocenters. The number of likely N-dealkylation sites (tertiary alicyclic amines) is 1. The van der Waals surface area contributed by atoms with E-state index < -0.39 is 5.97 Å². The predicted octanol–water partition coefficient (Wildman–Crippen LogP) is 0.981. The summed E-state index contributed by atoms with van der Waals surface area (Å²) >= 11 is 0. The van der Waals surface area contributed by atoms with Gasteiger partial charge in [0, 0.05) is 19.2 Å². The summed E-state index contributed by atoms with van der Waals surface area (Å²) in [6.45, 7) is 1.11. The number of rotatable bonds is 2. The van der Waals surface area contributed by atoms with E-state index in [0.29, 0.717) is 13.1 Å². The Morgan fingerprint density at radius 3 is 2.50 bits per heavy atom. The number of carbonyl (C=O) groups excluding carboxylic acids is 1. The van der Waals surface area contributed by atoms with E-state index in [0.717, 1.165) is 19.1 Å². The minimum atomic E-state index is -1.10. The third-order valence-corrected chi connectivity index (χ3v) is 3.39. The molecule has 6 heteroatoms. The summed E-state index contributed by atoms with van der Waals surface area (Å²) in [7, 11) is 0. The van der Waals surface area contributed by atoms with Crippen molar-refractivity contribution in [2.45, 2.75) is 25.0 Å². The van der Waals surface area contributed by atoms with Gasteiger partial charge in [-0.05, 0) is 12.8 Å². The average molecular weight is 251 g/mol. The van der Waals surface area contributed by atoms with Crippen molar-refractivity contribution in [3.8, 4) is 0 Å². The maximum Gasteiger partial charge on any atom is 0.338 e. The molecule has 3 heterocycles. The number of amides is 1. The highest BCUT2D eigenvalue weighted by Gasteiger charge is 2.36. The topological polar surface area (TPSA) is 80.0 Å². The van der Waals surface area contributed by atoms with Gasteiger partial charge in [-0.2, -0.15) is 0 Å². The van der Waals surface area contributed by atoms with E-state index in [1.165, 1.54) is 6.07 Å². The fraction of sp³-hybridized carbons (Fsp3) is 0.500. The Hall–Kier alpha value is -1.82. The van der Waals surface area contributed by atoms with E-state index >= 15 is 0 Å². The molecule has 6 nitrogen and oxygen atoms in total. The van der Waals surface area contributed by atoms with E-state index in [2.05, 4.69) is 0 Å². The fourth-order valence-corrected chi connectivity index (χ4v) is 2.50. The lowest BCUT2D eigenvalue weighted by Gasteiger charge is -2.31. The van der Waals surface area contributed by atoms with E-state index in [1.54, 1.807) is 4.90 Å². The van der Waals surface area contributed by atoms with Crippen LogP contribution in [-0.4, -0.2) is 47.2 Å². The smallest absolute Gasteiger partial charge is 0.338 e. The molecule has 1 N–H and O–H groups in total. The lowest BCUT2D eigenvalue weighted by atomic mass is 10.2. The minimum Gasteiger partial charge on any atom is -0.478 e. The Morgan fingerprint density at radius 2 is 1.94 bits per heavy atom. The van der Waals surface area contributed by atoms with Crippen molar-refractivity contribution in [1.82, 2.24) is 4.90 Å². The van der Waals surface area contributed by atoms with Gasteiger partial charge in [-0.15, -0.1) is 0 Å². The van der Waals surface area contributed by atoms with Crippen LogP contribution in [0.5, 0.6) is 0 Å². The molecule has 2 fully saturated rings. The molecule has 96 valence electrons. The van der Waals surface area contributed by atoms with Crippen LogP contribution in [0, 0.1) is 0 Å². The summed E-state index contributed by atoms with van der Waals surface area (Å²) in [4.78, 5) is 24.5. The van der Waals surface area contributed by atoms with Crippen LogP contribution in [-0.2, 0) is 4.74 Å². The number of aromatic carboxylic acids is 1. The number of ether oxygens (including phenoxy) is 1. The standard InChI is InChI=1S/C12H13NO5/c14-11(10-3-7(6-17-10)12(15)16)13-4-8-1-2-9(5-13)18-8/h3,6,8-9H,1-2,4-5H2,(H,15,16). The molecule has 18 heavy (non-hydrogen) atoms. The molecule has 2 bridgehead atoms. The first-order valence-electron chi connectivity index (χ1n) is 5.90. The van der Waals surface area contributed by atoms with E-state index in [1.807, 2.05) is 0 Å². The number of carboxylic acid groups (broad SMARTS) is 1. The van der Waals surface area contributed by atoms with Crippen LogP contribution in [0.4, 0.5) is 0 Å². The molecule has 1 aromatic heterocycles. The number of morpholine rings is 1. The maximum atomic E-state index is 12.1. The highest BCUT2D eigenvalue weighted by Crippen LogP contribution is 2.27.